The second-order valence-corrected chi connectivity index (χ2v) is 9.22. The number of alkyl halides is 2. The van der Waals surface area contributed by atoms with Crippen molar-refractivity contribution < 1.29 is 8.78 Å². The first-order chi connectivity index (χ1) is 14.6. The number of benzene rings is 2. The summed E-state index contributed by atoms with van der Waals surface area (Å²) in [6.45, 7) is 8.71. The minimum Gasteiger partial charge on any atom is -0.241 e. The monoisotopic (exact) mass is 418 g/mol. The molecule has 0 saturated carbocycles. The maximum absolute atomic E-state index is 15.4. The van der Waals surface area contributed by atoms with Crippen LogP contribution in [0.2, 0.25) is 0 Å². The van der Waals surface area contributed by atoms with Gasteiger partial charge in [-0.25, -0.2) is 9.36 Å². The first-order valence-electron chi connectivity index (χ1n) is 10.3. The second-order valence-electron chi connectivity index (χ2n) is 9.22. The zero-order valence-electron chi connectivity index (χ0n) is 18.0. The first kappa shape index (κ1) is 19.7. The Morgan fingerprint density at radius 3 is 1.81 bits per heavy atom. The summed E-state index contributed by atoms with van der Waals surface area (Å²) in [6, 6.07) is 17.6. The van der Waals surface area contributed by atoms with Crippen molar-refractivity contribution >= 4 is 0 Å². The average molecular weight is 418 g/mol. The lowest BCUT2D eigenvalue weighted by Crippen LogP contribution is -2.40. The van der Waals surface area contributed by atoms with Gasteiger partial charge in [-0.1, -0.05) is 52.0 Å². The number of halogens is 2. The summed E-state index contributed by atoms with van der Waals surface area (Å²) in [5.41, 5.74) is 2.31. The van der Waals surface area contributed by atoms with Crippen LogP contribution < -0.4 is 0 Å². The molecule has 0 amide bonds. The zero-order chi connectivity index (χ0) is 22.0. The van der Waals surface area contributed by atoms with Crippen LogP contribution in [-0.4, -0.2) is 19.6 Å². The molecule has 6 heteroatoms. The van der Waals surface area contributed by atoms with Crippen molar-refractivity contribution in [2.75, 3.05) is 0 Å². The molecule has 2 aromatic carbocycles. The van der Waals surface area contributed by atoms with Gasteiger partial charge in [-0.05, 0) is 42.0 Å². The molecule has 0 radical (unpaired) electrons. The molecular weight excluding hydrogens is 394 g/mol. The highest BCUT2D eigenvalue weighted by atomic mass is 19.3. The van der Waals surface area contributed by atoms with Crippen molar-refractivity contribution in [2.45, 2.75) is 44.4 Å². The normalized spacial score (nSPS) is 18.1. The van der Waals surface area contributed by atoms with E-state index in [2.05, 4.69) is 38.9 Å². The predicted octanol–water partition coefficient (Wildman–Crippen LogP) is 5.77. The number of fused-ring (bicyclic) bond motifs is 10. The predicted molar refractivity (Wildman–Crippen MR) is 116 cm³/mol. The molecule has 0 atom stereocenters. The molecule has 4 nitrogen and oxygen atoms in total. The van der Waals surface area contributed by atoms with E-state index in [4.69, 9.17) is 5.10 Å². The average Bonchev–Trinajstić information content (AvgIpc) is 3.44. The van der Waals surface area contributed by atoms with E-state index >= 15 is 8.78 Å². The van der Waals surface area contributed by atoms with Crippen LogP contribution in [-0.2, 0) is 16.8 Å². The van der Waals surface area contributed by atoms with E-state index < -0.39 is 5.92 Å². The summed E-state index contributed by atoms with van der Waals surface area (Å²) >= 11 is 0. The van der Waals surface area contributed by atoms with Gasteiger partial charge in [0.15, 0.2) is 0 Å². The number of hydrogen-bond acceptors (Lipinski definition) is 2. The van der Waals surface area contributed by atoms with E-state index in [1.54, 1.807) is 23.0 Å². The summed E-state index contributed by atoms with van der Waals surface area (Å²) < 4.78 is 33.9. The van der Waals surface area contributed by atoms with Crippen LogP contribution in [0.1, 0.15) is 50.2 Å². The molecule has 1 aliphatic rings. The van der Waals surface area contributed by atoms with Crippen LogP contribution in [0.3, 0.4) is 0 Å². The standard InChI is InChI=1S/C25H24F2N4/c1-23(2)17-7-5-9-19(15-17)31-14-12-22(29-31)25(26,27)18-8-6-10-20(16-18)30-13-11-21(28-30)24(23,3)4/h5-16H,1-4H3. The fourth-order valence-corrected chi connectivity index (χ4v) is 4.15. The van der Waals surface area contributed by atoms with E-state index in [0.717, 1.165) is 16.9 Å². The Morgan fingerprint density at radius 1 is 0.645 bits per heavy atom. The molecule has 0 spiro atoms. The van der Waals surface area contributed by atoms with Crippen LogP contribution in [0.15, 0.2) is 73.1 Å². The Bertz CT molecular complexity index is 1280. The highest BCUT2D eigenvalue weighted by molar-refractivity contribution is 5.44. The minimum atomic E-state index is -3.23. The van der Waals surface area contributed by atoms with Gasteiger partial charge in [0.05, 0.1) is 17.1 Å². The van der Waals surface area contributed by atoms with Gasteiger partial charge in [0.2, 0.25) is 0 Å². The first-order valence-corrected chi connectivity index (χ1v) is 10.3. The fraction of sp³-hybridized carbons (Fsp3) is 0.280. The molecule has 1 aliphatic heterocycles. The second kappa shape index (κ2) is 6.36. The summed E-state index contributed by atoms with van der Waals surface area (Å²) in [5, 5.41) is 9.04. The zero-order valence-corrected chi connectivity index (χ0v) is 18.0. The van der Waals surface area contributed by atoms with Crippen LogP contribution in [0.25, 0.3) is 11.4 Å². The highest BCUT2D eigenvalue weighted by Crippen LogP contribution is 2.44. The van der Waals surface area contributed by atoms with Crippen molar-refractivity contribution in [3.8, 4) is 11.4 Å². The number of nitrogens with zero attached hydrogens (tertiary/aromatic N) is 4. The van der Waals surface area contributed by atoms with Crippen molar-refractivity contribution in [1.29, 1.82) is 0 Å². The van der Waals surface area contributed by atoms with Gasteiger partial charge in [-0.3, -0.25) is 0 Å². The Labute approximate surface area is 180 Å². The Morgan fingerprint density at radius 2 is 1.16 bits per heavy atom. The molecule has 4 aromatic rings. The van der Waals surface area contributed by atoms with Crippen LogP contribution in [0.4, 0.5) is 8.78 Å². The number of rotatable bonds is 0. The molecule has 3 heterocycles. The largest absolute Gasteiger partial charge is 0.316 e. The van der Waals surface area contributed by atoms with Crippen molar-refractivity contribution in [1.82, 2.24) is 19.6 Å². The number of hydrogen-bond donors (Lipinski definition) is 0. The lowest BCUT2D eigenvalue weighted by atomic mass is 9.62. The van der Waals surface area contributed by atoms with Gasteiger partial charge < -0.3 is 0 Å². The summed E-state index contributed by atoms with van der Waals surface area (Å²) in [4.78, 5) is 0. The van der Waals surface area contributed by atoms with E-state index in [1.807, 2.05) is 30.5 Å². The van der Waals surface area contributed by atoms with Crippen molar-refractivity contribution in [3.63, 3.8) is 0 Å². The van der Waals surface area contributed by atoms with E-state index in [1.165, 1.54) is 22.9 Å². The Balaban J connectivity index is 1.81. The van der Waals surface area contributed by atoms with Crippen molar-refractivity contribution in [2.24, 2.45) is 0 Å². The lowest BCUT2D eigenvalue weighted by Gasteiger charge is -2.41. The molecule has 0 N–H and O–H groups in total. The molecular formula is C25H24F2N4. The summed E-state index contributed by atoms with van der Waals surface area (Å²) in [5.74, 6) is -3.23. The third kappa shape index (κ3) is 2.85. The molecule has 5 rings (SSSR count). The molecule has 0 aliphatic carbocycles. The summed E-state index contributed by atoms with van der Waals surface area (Å²) in [6.07, 6.45) is 3.43. The van der Waals surface area contributed by atoms with Gasteiger partial charge in [0.25, 0.3) is 0 Å². The number of aromatic nitrogens is 4. The van der Waals surface area contributed by atoms with Gasteiger partial charge in [0.1, 0.15) is 5.69 Å². The third-order valence-electron chi connectivity index (χ3n) is 7.01. The fourth-order valence-electron chi connectivity index (χ4n) is 4.15. The molecule has 8 bridgehead atoms. The van der Waals surface area contributed by atoms with Gasteiger partial charge >= 0.3 is 5.92 Å². The van der Waals surface area contributed by atoms with Gasteiger partial charge in [0, 0.05) is 28.8 Å². The molecule has 0 fully saturated rings. The van der Waals surface area contributed by atoms with Crippen LogP contribution >= 0.6 is 0 Å². The van der Waals surface area contributed by atoms with Gasteiger partial charge in [-0.15, -0.1) is 0 Å². The van der Waals surface area contributed by atoms with Crippen LogP contribution in [0, 0.1) is 0 Å². The van der Waals surface area contributed by atoms with Crippen LogP contribution in [0.5, 0.6) is 0 Å². The maximum Gasteiger partial charge on any atom is 0.316 e. The van der Waals surface area contributed by atoms with Crippen molar-refractivity contribution in [3.05, 3.63) is 95.6 Å². The molecule has 2 aromatic heterocycles. The van der Waals surface area contributed by atoms with E-state index in [9.17, 15) is 0 Å². The maximum atomic E-state index is 15.4. The minimum absolute atomic E-state index is 0.115. The van der Waals surface area contributed by atoms with E-state index in [0.29, 0.717) is 5.69 Å². The SMILES string of the molecule is CC1(C)c2cccc(c2)-n2ccc(n2)C(F)(F)c2cccc(c2)-n2ccc(n2)C1(C)C. The molecule has 31 heavy (non-hydrogen) atoms. The third-order valence-corrected chi connectivity index (χ3v) is 7.01. The van der Waals surface area contributed by atoms with E-state index in [-0.39, 0.29) is 22.1 Å². The molecule has 0 unspecified atom stereocenters. The smallest absolute Gasteiger partial charge is 0.241 e. The van der Waals surface area contributed by atoms with Gasteiger partial charge in [-0.2, -0.15) is 19.0 Å². The summed E-state index contributed by atoms with van der Waals surface area (Å²) in [7, 11) is 0. The Kier molecular flexibility index (Phi) is 4.04. The quantitative estimate of drug-likeness (QED) is 0.364. The highest BCUT2D eigenvalue weighted by Gasteiger charge is 2.42. The Hall–Kier alpha value is -3.28. The molecule has 0 saturated heterocycles. The topological polar surface area (TPSA) is 35.6 Å². The molecule has 158 valence electrons. The lowest BCUT2D eigenvalue weighted by molar-refractivity contribution is 0.0376.